The van der Waals surface area contributed by atoms with Crippen molar-refractivity contribution >= 4 is 17.2 Å². The number of furan rings is 1. The summed E-state index contributed by atoms with van der Waals surface area (Å²) >= 11 is 1.39. The Labute approximate surface area is 180 Å². The van der Waals surface area contributed by atoms with Crippen molar-refractivity contribution in [1.82, 2.24) is 19.9 Å². The fourth-order valence-electron chi connectivity index (χ4n) is 3.02. The van der Waals surface area contributed by atoms with Gasteiger partial charge in [-0.2, -0.15) is 0 Å². The highest BCUT2D eigenvalue weighted by molar-refractivity contribution is 7.15. The Balaban J connectivity index is 1.60. The van der Waals surface area contributed by atoms with Crippen molar-refractivity contribution in [3.8, 4) is 22.2 Å². The lowest BCUT2D eigenvalue weighted by molar-refractivity contribution is 0.0949. The zero-order valence-electron chi connectivity index (χ0n) is 16.7. The van der Waals surface area contributed by atoms with Crippen LogP contribution in [0.5, 0.6) is 5.75 Å². The van der Waals surface area contributed by atoms with Crippen LogP contribution >= 0.6 is 11.3 Å². The van der Waals surface area contributed by atoms with Gasteiger partial charge in [0.2, 0.25) is 0 Å². The highest BCUT2D eigenvalue weighted by atomic mass is 32.1. The number of rotatable bonds is 6. The Morgan fingerprint density at radius 1 is 1.26 bits per heavy atom. The number of hydrogen-bond donors (Lipinski definition) is 2. The maximum atomic E-state index is 12.9. The van der Waals surface area contributed by atoms with Gasteiger partial charge in [0.05, 0.1) is 31.3 Å². The van der Waals surface area contributed by atoms with E-state index < -0.39 is 17.2 Å². The molecule has 1 aromatic carbocycles. The van der Waals surface area contributed by atoms with E-state index in [0.29, 0.717) is 16.5 Å². The fourth-order valence-corrected chi connectivity index (χ4v) is 3.99. The first-order valence-corrected chi connectivity index (χ1v) is 10.1. The van der Waals surface area contributed by atoms with Crippen LogP contribution < -0.4 is 21.3 Å². The summed E-state index contributed by atoms with van der Waals surface area (Å²) in [7, 11) is 1.43. The highest BCUT2D eigenvalue weighted by Crippen LogP contribution is 2.28. The minimum Gasteiger partial charge on any atom is -0.495 e. The summed E-state index contributed by atoms with van der Waals surface area (Å²) in [5.74, 6) is 0.363. The highest BCUT2D eigenvalue weighted by Gasteiger charge is 2.19. The van der Waals surface area contributed by atoms with Gasteiger partial charge in [-0.25, -0.2) is 14.3 Å². The molecule has 3 aromatic heterocycles. The average Bonchev–Trinajstić information content (AvgIpc) is 3.42. The second-order valence-corrected chi connectivity index (χ2v) is 7.59. The van der Waals surface area contributed by atoms with Crippen LogP contribution in [0.1, 0.15) is 20.9 Å². The van der Waals surface area contributed by atoms with Gasteiger partial charge in [0.1, 0.15) is 11.3 Å². The van der Waals surface area contributed by atoms with E-state index in [4.69, 9.17) is 9.15 Å². The Morgan fingerprint density at radius 2 is 2.06 bits per heavy atom. The Morgan fingerprint density at radius 3 is 2.81 bits per heavy atom. The van der Waals surface area contributed by atoms with Crippen LogP contribution in [0.25, 0.3) is 16.5 Å². The fraction of sp³-hybridized carbons (Fsp3) is 0.143. The first-order valence-electron chi connectivity index (χ1n) is 9.26. The molecule has 31 heavy (non-hydrogen) atoms. The number of nitrogens with one attached hydrogen (secondary N) is 2. The van der Waals surface area contributed by atoms with Crippen molar-refractivity contribution < 1.29 is 13.9 Å². The number of ether oxygens (including phenoxy) is 1. The van der Waals surface area contributed by atoms with Crippen molar-refractivity contribution in [2.45, 2.75) is 13.5 Å². The number of aromatic amines is 1. The number of carbonyl (C=O) groups is 1. The van der Waals surface area contributed by atoms with Gasteiger partial charge in [-0.3, -0.25) is 9.59 Å². The Kier molecular flexibility index (Phi) is 5.54. The molecule has 0 radical (unpaired) electrons. The molecule has 9 nitrogen and oxygen atoms in total. The third-order valence-corrected chi connectivity index (χ3v) is 5.75. The molecule has 4 aromatic rings. The summed E-state index contributed by atoms with van der Waals surface area (Å²) in [6, 6.07) is 10.1. The van der Waals surface area contributed by atoms with Crippen LogP contribution in [0.4, 0.5) is 0 Å². The van der Waals surface area contributed by atoms with E-state index >= 15 is 0 Å². The average molecular weight is 438 g/mol. The summed E-state index contributed by atoms with van der Waals surface area (Å²) in [5, 5.41) is 3.42. The number of aryl methyl sites for hydroxylation is 1. The van der Waals surface area contributed by atoms with Gasteiger partial charge in [0, 0.05) is 11.1 Å². The van der Waals surface area contributed by atoms with E-state index in [0.717, 1.165) is 21.3 Å². The van der Waals surface area contributed by atoms with Crippen LogP contribution in [-0.2, 0) is 6.54 Å². The van der Waals surface area contributed by atoms with Crippen molar-refractivity contribution in [3.05, 3.63) is 85.8 Å². The zero-order chi connectivity index (χ0) is 22.0. The van der Waals surface area contributed by atoms with Crippen molar-refractivity contribution in [3.63, 3.8) is 0 Å². The summed E-state index contributed by atoms with van der Waals surface area (Å²) in [6.45, 7) is 2.01. The third kappa shape index (κ3) is 3.92. The lowest BCUT2D eigenvalue weighted by Crippen LogP contribution is -2.39. The normalized spacial score (nSPS) is 10.8. The molecule has 0 saturated carbocycles. The van der Waals surface area contributed by atoms with Crippen molar-refractivity contribution in [2.24, 2.45) is 0 Å². The minimum atomic E-state index is -0.747. The largest absolute Gasteiger partial charge is 0.495 e. The summed E-state index contributed by atoms with van der Waals surface area (Å²) in [6.07, 6.45) is 2.68. The maximum Gasteiger partial charge on any atom is 0.333 e. The van der Waals surface area contributed by atoms with Crippen LogP contribution in [-0.4, -0.2) is 27.6 Å². The van der Waals surface area contributed by atoms with Crippen LogP contribution in [0.2, 0.25) is 0 Å². The van der Waals surface area contributed by atoms with Crippen LogP contribution in [0.3, 0.4) is 0 Å². The quantitative estimate of drug-likeness (QED) is 0.477. The van der Waals surface area contributed by atoms with Crippen LogP contribution in [0, 0.1) is 6.92 Å². The van der Waals surface area contributed by atoms with E-state index in [1.807, 2.05) is 6.92 Å². The first-order chi connectivity index (χ1) is 15.0. The molecule has 3 heterocycles. The minimum absolute atomic E-state index is 0.177. The standard InChI is InChI=1S/C21H18N4O5S/c1-12-17(31-19(24-12)16-8-5-9-30-16)11-22-18(26)13-10-23-21(28)25(20(13)27)14-6-3-4-7-15(14)29-2/h3-10H,11H2,1-2H3,(H,22,26)(H,23,28). The van der Waals surface area contributed by atoms with Gasteiger partial charge in [0.15, 0.2) is 10.8 Å². The predicted molar refractivity (Wildman–Crippen MR) is 115 cm³/mol. The maximum absolute atomic E-state index is 12.9. The lowest BCUT2D eigenvalue weighted by Gasteiger charge is -2.11. The number of H-pyrrole nitrogens is 1. The van der Waals surface area contributed by atoms with Gasteiger partial charge in [-0.15, -0.1) is 11.3 Å². The molecular weight excluding hydrogens is 420 g/mol. The summed E-state index contributed by atoms with van der Waals surface area (Å²) < 4.78 is 11.5. The number of benzene rings is 1. The lowest BCUT2D eigenvalue weighted by atomic mass is 10.2. The number of para-hydroxylation sites is 2. The third-order valence-electron chi connectivity index (χ3n) is 4.58. The molecule has 2 N–H and O–H groups in total. The number of methoxy groups -OCH3 is 1. The Bertz CT molecular complexity index is 1350. The van der Waals surface area contributed by atoms with Gasteiger partial charge in [0.25, 0.3) is 11.5 Å². The second-order valence-electron chi connectivity index (χ2n) is 6.51. The molecular formula is C21H18N4O5S. The Hall–Kier alpha value is -3.92. The molecule has 0 fully saturated rings. The topological polar surface area (TPSA) is 119 Å². The van der Waals surface area contributed by atoms with Gasteiger partial charge >= 0.3 is 5.69 Å². The van der Waals surface area contributed by atoms with E-state index in [1.165, 1.54) is 18.4 Å². The van der Waals surface area contributed by atoms with E-state index in [-0.39, 0.29) is 17.8 Å². The molecule has 0 unspecified atom stereocenters. The molecule has 0 aliphatic heterocycles. The van der Waals surface area contributed by atoms with Crippen LogP contribution in [0.15, 0.2) is 62.9 Å². The number of thiazole rings is 1. The number of hydrogen-bond acceptors (Lipinski definition) is 7. The number of carbonyl (C=O) groups excluding carboxylic acids is 1. The molecule has 10 heteroatoms. The first kappa shape index (κ1) is 20.4. The molecule has 0 saturated heterocycles. The summed E-state index contributed by atoms with van der Waals surface area (Å²) in [5.41, 5.74) is -0.619. The molecule has 0 atom stereocenters. The summed E-state index contributed by atoms with van der Waals surface area (Å²) in [4.78, 5) is 45.7. The molecule has 0 spiro atoms. The SMILES string of the molecule is COc1ccccc1-n1c(=O)[nH]cc(C(=O)NCc2sc(-c3ccco3)nc2C)c1=O. The van der Waals surface area contributed by atoms with Crippen molar-refractivity contribution in [1.29, 1.82) is 0 Å². The molecule has 0 bridgehead atoms. The smallest absolute Gasteiger partial charge is 0.333 e. The van der Waals surface area contributed by atoms with Gasteiger partial charge in [-0.1, -0.05) is 12.1 Å². The molecule has 0 aliphatic rings. The van der Waals surface area contributed by atoms with Crippen molar-refractivity contribution in [2.75, 3.05) is 7.11 Å². The molecule has 0 aliphatic carbocycles. The molecule has 158 valence electrons. The monoisotopic (exact) mass is 438 g/mol. The number of amides is 1. The van der Waals surface area contributed by atoms with E-state index in [9.17, 15) is 14.4 Å². The number of aromatic nitrogens is 3. The zero-order valence-corrected chi connectivity index (χ0v) is 17.5. The number of nitrogens with zero attached hydrogens (tertiary/aromatic N) is 2. The molecule has 1 amide bonds. The van der Waals surface area contributed by atoms with E-state index in [2.05, 4.69) is 15.3 Å². The van der Waals surface area contributed by atoms with Gasteiger partial charge < -0.3 is 19.5 Å². The second kappa shape index (κ2) is 8.44. The van der Waals surface area contributed by atoms with E-state index in [1.54, 1.807) is 42.7 Å². The predicted octanol–water partition coefficient (Wildman–Crippen LogP) is 2.49. The van der Waals surface area contributed by atoms with Gasteiger partial charge in [-0.05, 0) is 31.2 Å². The molecule has 4 rings (SSSR count).